The zero-order chi connectivity index (χ0) is 30.9. The van der Waals surface area contributed by atoms with Crippen molar-refractivity contribution in [3.05, 3.63) is 63.9 Å². The number of carboxylic acid groups (broad SMARTS) is 1. The zero-order valence-electron chi connectivity index (χ0n) is 24.4. The van der Waals surface area contributed by atoms with E-state index in [0.29, 0.717) is 35.1 Å². The maximum absolute atomic E-state index is 12.6. The van der Waals surface area contributed by atoms with Crippen LogP contribution in [0, 0.1) is 0 Å². The molecule has 0 spiro atoms. The van der Waals surface area contributed by atoms with Crippen LogP contribution in [0.1, 0.15) is 39.7 Å². The van der Waals surface area contributed by atoms with Crippen LogP contribution in [0.4, 0.5) is 0 Å². The van der Waals surface area contributed by atoms with Gasteiger partial charge in [-0.25, -0.2) is 9.28 Å². The number of aliphatic imine (C=N–C) groups is 1. The predicted molar refractivity (Wildman–Crippen MR) is 159 cm³/mol. The standard InChI is InChI=1S/C30H31BrN6O6/c1-6-23-32-17(2)25(28(38)39)37(23,13-14-42-29(40)30(3,4)41-5)16-18-11-12-22-21(15-18)24(31)26(43-22)19-9-7-8-10-20(19)27-33-35-36-34-27/h7-12,15H,6,13-14,16H2,1-5H3,(H-,33,34,35,36,38,39). The van der Waals surface area contributed by atoms with Crippen LogP contribution in [0.15, 0.2) is 67.7 Å². The first-order chi connectivity index (χ1) is 20.5. The second-order valence-electron chi connectivity index (χ2n) is 10.7. The largest absolute Gasteiger partial charge is 0.540 e. The molecule has 1 atom stereocenters. The minimum atomic E-state index is -1.32. The number of aliphatic carboxylic acids is 1. The van der Waals surface area contributed by atoms with E-state index in [1.165, 1.54) is 7.11 Å². The number of furan rings is 1. The number of nitrogens with one attached hydrogen (secondary N) is 1. The van der Waals surface area contributed by atoms with Crippen LogP contribution in [-0.2, 0) is 25.6 Å². The molecule has 0 saturated heterocycles. The Morgan fingerprint density at radius 1 is 1.16 bits per heavy atom. The number of carbonyl (C=O) groups excluding carboxylic acids is 2. The normalized spacial score (nSPS) is 17.0. The number of aromatic nitrogens is 4. The fourth-order valence-corrected chi connectivity index (χ4v) is 5.98. The smallest absolute Gasteiger partial charge is 0.338 e. The number of allylic oxidation sites excluding steroid dienone is 1. The third-order valence-corrected chi connectivity index (χ3v) is 8.47. The quantitative estimate of drug-likeness (QED) is 0.186. The molecule has 2 aromatic carbocycles. The fraction of sp³-hybridized carbons (Fsp3) is 0.333. The summed E-state index contributed by atoms with van der Waals surface area (Å²) in [7, 11) is 1.43. The third-order valence-electron chi connectivity index (χ3n) is 7.68. The molecule has 1 aliphatic heterocycles. The van der Waals surface area contributed by atoms with Gasteiger partial charge in [-0.05, 0) is 60.1 Å². The molecular weight excluding hydrogens is 620 g/mol. The lowest BCUT2D eigenvalue weighted by Crippen LogP contribution is -2.55. The minimum Gasteiger partial charge on any atom is -0.540 e. The van der Waals surface area contributed by atoms with Crippen molar-refractivity contribution in [1.29, 1.82) is 0 Å². The average molecular weight is 652 g/mol. The van der Waals surface area contributed by atoms with Crippen LogP contribution in [0.5, 0.6) is 0 Å². The lowest BCUT2D eigenvalue weighted by molar-refractivity contribution is -0.814. The number of benzene rings is 2. The van der Waals surface area contributed by atoms with E-state index in [2.05, 4.69) is 41.5 Å². The van der Waals surface area contributed by atoms with Crippen LogP contribution in [0.3, 0.4) is 0 Å². The number of H-pyrrole nitrogens is 1. The molecule has 3 heterocycles. The van der Waals surface area contributed by atoms with Gasteiger partial charge in [0.15, 0.2) is 11.3 Å². The Balaban J connectivity index is 1.53. The van der Waals surface area contributed by atoms with Gasteiger partial charge in [0.25, 0.3) is 0 Å². The molecule has 0 amide bonds. The van der Waals surface area contributed by atoms with E-state index in [9.17, 15) is 14.7 Å². The number of fused-ring (bicyclic) bond motifs is 1. The Hall–Kier alpha value is -4.20. The second-order valence-corrected chi connectivity index (χ2v) is 11.5. The highest BCUT2D eigenvalue weighted by Crippen LogP contribution is 2.42. The number of tetrazole rings is 1. The van der Waals surface area contributed by atoms with Gasteiger partial charge in [0.1, 0.15) is 42.7 Å². The molecular formula is C30H31BrN6O6. The summed E-state index contributed by atoms with van der Waals surface area (Å²) in [6.45, 7) is 7.12. The summed E-state index contributed by atoms with van der Waals surface area (Å²) in [6, 6.07) is 13.3. The van der Waals surface area contributed by atoms with Crippen molar-refractivity contribution in [1.82, 2.24) is 20.6 Å². The van der Waals surface area contributed by atoms with Crippen LogP contribution in [0.25, 0.3) is 33.7 Å². The summed E-state index contributed by atoms with van der Waals surface area (Å²) in [6.07, 6.45) is 0.486. The van der Waals surface area contributed by atoms with Crippen molar-refractivity contribution in [2.45, 2.75) is 46.3 Å². The molecule has 224 valence electrons. The third kappa shape index (κ3) is 5.51. The Bertz CT molecular complexity index is 1760. The second kappa shape index (κ2) is 11.8. The summed E-state index contributed by atoms with van der Waals surface area (Å²) < 4.78 is 17.7. The average Bonchev–Trinajstić information content (AvgIpc) is 3.70. The van der Waals surface area contributed by atoms with Gasteiger partial charge >= 0.3 is 5.97 Å². The summed E-state index contributed by atoms with van der Waals surface area (Å²) in [4.78, 5) is 29.7. The van der Waals surface area contributed by atoms with Crippen LogP contribution in [-0.4, -0.2) is 68.7 Å². The molecule has 1 unspecified atom stereocenters. The molecule has 0 saturated carbocycles. The highest BCUT2D eigenvalue weighted by atomic mass is 79.9. The van der Waals surface area contributed by atoms with Crippen molar-refractivity contribution < 1.29 is 33.1 Å². The first-order valence-corrected chi connectivity index (χ1v) is 14.5. The van der Waals surface area contributed by atoms with E-state index in [1.807, 2.05) is 49.4 Å². The minimum absolute atomic E-state index is 0.0417. The number of amidine groups is 1. The van der Waals surface area contributed by atoms with Gasteiger partial charge in [0.05, 0.1) is 4.47 Å². The number of quaternary nitrogens is 1. The first-order valence-electron chi connectivity index (χ1n) is 13.7. The summed E-state index contributed by atoms with van der Waals surface area (Å²) in [5, 5.41) is 27.7. The molecule has 1 N–H and O–H groups in total. The maximum atomic E-state index is 12.6. The summed E-state index contributed by atoms with van der Waals surface area (Å²) >= 11 is 3.73. The molecule has 5 rings (SSSR count). The molecule has 0 fully saturated rings. The van der Waals surface area contributed by atoms with E-state index in [-0.39, 0.29) is 29.9 Å². The van der Waals surface area contributed by atoms with Crippen molar-refractivity contribution in [3.63, 3.8) is 0 Å². The van der Waals surface area contributed by atoms with Gasteiger partial charge in [-0.3, -0.25) is 0 Å². The number of rotatable bonds is 11. The fourth-order valence-electron chi connectivity index (χ4n) is 5.38. The van der Waals surface area contributed by atoms with Crippen LogP contribution >= 0.6 is 15.9 Å². The lowest BCUT2D eigenvalue weighted by Gasteiger charge is -2.37. The Morgan fingerprint density at radius 3 is 2.56 bits per heavy atom. The molecule has 0 bridgehead atoms. The number of halogens is 1. The number of esters is 1. The van der Waals surface area contributed by atoms with Gasteiger partial charge in [0, 0.05) is 35.6 Å². The van der Waals surface area contributed by atoms with E-state index in [1.54, 1.807) is 20.8 Å². The first kappa shape index (κ1) is 30.3. The number of carbonyl (C=O) groups is 2. The van der Waals surface area contributed by atoms with Gasteiger partial charge in [-0.2, -0.15) is 10.2 Å². The predicted octanol–water partition coefficient (Wildman–Crippen LogP) is 4.13. The number of hydrogen-bond acceptors (Lipinski definition) is 10. The molecule has 13 heteroatoms. The van der Waals surface area contributed by atoms with Crippen molar-refractivity contribution in [3.8, 4) is 22.7 Å². The number of nitrogens with zero attached hydrogens (tertiary/aromatic N) is 5. The van der Waals surface area contributed by atoms with Gasteiger partial charge < -0.3 is 23.8 Å². The topological polar surface area (TPSA) is 156 Å². The van der Waals surface area contributed by atoms with Crippen molar-refractivity contribution in [2.75, 3.05) is 20.3 Å². The number of aromatic amines is 1. The Labute approximate surface area is 256 Å². The number of hydrogen-bond donors (Lipinski definition) is 1. The highest BCUT2D eigenvalue weighted by Gasteiger charge is 2.45. The molecule has 1 aliphatic rings. The molecule has 12 nitrogen and oxygen atoms in total. The van der Waals surface area contributed by atoms with Crippen molar-refractivity contribution in [2.24, 2.45) is 4.99 Å². The monoisotopic (exact) mass is 650 g/mol. The molecule has 4 aromatic rings. The van der Waals surface area contributed by atoms with Crippen LogP contribution in [0.2, 0.25) is 0 Å². The van der Waals surface area contributed by atoms with Gasteiger partial charge in [-0.1, -0.05) is 31.2 Å². The van der Waals surface area contributed by atoms with E-state index in [0.717, 1.165) is 26.5 Å². The highest BCUT2D eigenvalue weighted by molar-refractivity contribution is 9.10. The SMILES string of the molecule is CCC1=NC(C)=C(C(=O)[O-])[N+]1(CCOC(=O)C(C)(C)OC)Cc1ccc2oc(-c3ccccc3-c3nn[nH]n3)c(Br)c2c1. The summed E-state index contributed by atoms with van der Waals surface area (Å²) in [5.74, 6) is -0.205. The van der Waals surface area contributed by atoms with E-state index >= 15 is 0 Å². The van der Waals surface area contributed by atoms with E-state index < -0.39 is 17.5 Å². The van der Waals surface area contributed by atoms with E-state index in [4.69, 9.17) is 13.9 Å². The molecule has 0 radical (unpaired) electrons. The van der Waals surface area contributed by atoms with Crippen LogP contribution < -0.4 is 5.11 Å². The number of ether oxygens (including phenoxy) is 2. The lowest BCUT2D eigenvalue weighted by atomic mass is 10.0. The summed E-state index contributed by atoms with van der Waals surface area (Å²) in [5.41, 5.74) is 2.24. The molecule has 0 aliphatic carbocycles. The van der Waals surface area contributed by atoms with Crippen molar-refractivity contribution >= 4 is 44.7 Å². The maximum Gasteiger partial charge on any atom is 0.338 e. The molecule has 2 aromatic heterocycles. The zero-order valence-corrected chi connectivity index (χ0v) is 26.0. The van der Waals surface area contributed by atoms with Gasteiger partial charge in [0.2, 0.25) is 11.7 Å². The Kier molecular flexibility index (Phi) is 8.32. The molecule has 43 heavy (non-hydrogen) atoms. The number of methoxy groups -OCH3 is 1. The van der Waals surface area contributed by atoms with Gasteiger partial charge in [-0.15, -0.1) is 10.2 Å². The Morgan fingerprint density at radius 2 is 1.91 bits per heavy atom. The number of carboxylic acids is 1.